The van der Waals surface area contributed by atoms with E-state index in [-0.39, 0.29) is 6.61 Å². The van der Waals surface area contributed by atoms with Crippen molar-refractivity contribution in [2.75, 3.05) is 46.6 Å². The highest BCUT2D eigenvalue weighted by Gasteiger charge is 2.24. The van der Waals surface area contributed by atoms with Crippen LogP contribution in [-0.2, 0) is 9.47 Å². The van der Waals surface area contributed by atoms with Crippen molar-refractivity contribution < 1.29 is 14.6 Å². The summed E-state index contributed by atoms with van der Waals surface area (Å²) in [5.74, 6) is 0.961. The average molecular weight is 231 g/mol. The number of aliphatic hydroxyl groups excluding tert-OH is 1. The maximum atomic E-state index is 9.32. The number of methoxy groups -OCH3 is 1. The molecule has 2 atom stereocenters. The van der Waals surface area contributed by atoms with Crippen molar-refractivity contribution in [1.82, 2.24) is 5.32 Å². The van der Waals surface area contributed by atoms with E-state index >= 15 is 0 Å². The lowest BCUT2D eigenvalue weighted by Gasteiger charge is -2.20. The van der Waals surface area contributed by atoms with E-state index in [0.29, 0.717) is 11.8 Å². The van der Waals surface area contributed by atoms with Crippen LogP contribution < -0.4 is 5.32 Å². The van der Waals surface area contributed by atoms with E-state index in [9.17, 15) is 5.11 Å². The van der Waals surface area contributed by atoms with Gasteiger partial charge in [-0.2, -0.15) is 0 Å². The third kappa shape index (κ3) is 5.25. The Labute approximate surface area is 98.3 Å². The molecule has 0 bridgehead atoms. The summed E-state index contributed by atoms with van der Waals surface area (Å²) >= 11 is 0. The van der Waals surface area contributed by atoms with Gasteiger partial charge in [-0.05, 0) is 44.2 Å². The highest BCUT2D eigenvalue weighted by Crippen LogP contribution is 2.23. The summed E-state index contributed by atoms with van der Waals surface area (Å²) in [7, 11) is 1.72. The van der Waals surface area contributed by atoms with Crippen LogP contribution >= 0.6 is 0 Å². The lowest BCUT2D eigenvalue weighted by molar-refractivity contribution is 0.134. The third-order valence-corrected chi connectivity index (χ3v) is 3.26. The van der Waals surface area contributed by atoms with Crippen molar-refractivity contribution in [2.45, 2.75) is 19.3 Å². The standard InChI is InChI=1S/C12H25NO3/c1-15-7-2-5-13-6-3-11(9-14)12-4-8-16-10-12/h11-14H,2-10H2,1H3. The SMILES string of the molecule is COCCCNCCC(CO)C1CCOC1. The van der Waals surface area contributed by atoms with Gasteiger partial charge in [0.25, 0.3) is 0 Å². The fourth-order valence-electron chi connectivity index (χ4n) is 2.15. The second-order valence-corrected chi connectivity index (χ2v) is 4.45. The molecule has 96 valence electrons. The van der Waals surface area contributed by atoms with Gasteiger partial charge in [0.15, 0.2) is 0 Å². The summed E-state index contributed by atoms with van der Waals surface area (Å²) in [6.45, 7) is 4.76. The predicted octanol–water partition coefficient (Wildman–Crippen LogP) is 0.648. The summed E-state index contributed by atoms with van der Waals surface area (Å²) < 4.78 is 10.3. The number of nitrogens with one attached hydrogen (secondary N) is 1. The molecule has 0 saturated carbocycles. The van der Waals surface area contributed by atoms with Gasteiger partial charge in [0.1, 0.15) is 0 Å². The Morgan fingerprint density at radius 2 is 2.38 bits per heavy atom. The Bertz CT molecular complexity index is 160. The van der Waals surface area contributed by atoms with E-state index in [1.807, 2.05) is 0 Å². The van der Waals surface area contributed by atoms with E-state index in [1.54, 1.807) is 7.11 Å². The lowest BCUT2D eigenvalue weighted by atomic mass is 9.89. The van der Waals surface area contributed by atoms with E-state index in [1.165, 1.54) is 0 Å². The second kappa shape index (κ2) is 8.93. The summed E-state index contributed by atoms with van der Waals surface area (Å²) in [6, 6.07) is 0. The molecule has 1 saturated heterocycles. The van der Waals surface area contributed by atoms with Crippen molar-refractivity contribution in [3.63, 3.8) is 0 Å². The van der Waals surface area contributed by atoms with Crippen LogP contribution in [0.25, 0.3) is 0 Å². The van der Waals surface area contributed by atoms with Gasteiger partial charge in [0.2, 0.25) is 0 Å². The molecule has 1 aliphatic rings. The molecule has 0 aromatic rings. The smallest absolute Gasteiger partial charge is 0.0498 e. The quantitative estimate of drug-likeness (QED) is 0.572. The minimum Gasteiger partial charge on any atom is -0.396 e. The van der Waals surface area contributed by atoms with Crippen molar-refractivity contribution >= 4 is 0 Å². The summed E-state index contributed by atoms with van der Waals surface area (Å²) in [5, 5.41) is 12.7. The molecule has 16 heavy (non-hydrogen) atoms. The minimum atomic E-state index is 0.285. The average Bonchev–Trinajstić information content (AvgIpc) is 2.82. The van der Waals surface area contributed by atoms with Crippen LogP contribution in [0.4, 0.5) is 0 Å². The van der Waals surface area contributed by atoms with Gasteiger partial charge >= 0.3 is 0 Å². The number of ether oxygens (including phenoxy) is 2. The zero-order chi connectivity index (χ0) is 11.6. The fourth-order valence-corrected chi connectivity index (χ4v) is 2.15. The van der Waals surface area contributed by atoms with Crippen molar-refractivity contribution in [3.8, 4) is 0 Å². The van der Waals surface area contributed by atoms with Crippen molar-refractivity contribution in [3.05, 3.63) is 0 Å². The normalized spacial score (nSPS) is 22.5. The van der Waals surface area contributed by atoms with Crippen LogP contribution in [0.1, 0.15) is 19.3 Å². The van der Waals surface area contributed by atoms with Crippen LogP contribution in [0.2, 0.25) is 0 Å². The lowest BCUT2D eigenvalue weighted by Crippen LogP contribution is -2.26. The molecule has 0 aliphatic carbocycles. The molecule has 0 spiro atoms. The van der Waals surface area contributed by atoms with Gasteiger partial charge in [-0.15, -0.1) is 0 Å². The summed E-state index contributed by atoms with van der Waals surface area (Å²) in [4.78, 5) is 0. The first-order valence-corrected chi connectivity index (χ1v) is 6.26. The van der Waals surface area contributed by atoms with Crippen LogP contribution in [0.3, 0.4) is 0 Å². The molecule has 4 heteroatoms. The highest BCUT2D eigenvalue weighted by atomic mass is 16.5. The third-order valence-electron chi connectivity index (χ3n) is 3.26. The number of aliphatic hydroxyl groups is 1. The Balaban J connectivity index is 2.00. The van der Waals surface area contributed by atoms with Gasteiger partial charge in [-0.25, -0.2) is 0 Å². The molecule has 4 nitrogen and oxygen atoms in total. The molecule has 1 fully saturated rings. The van der Waals surface area contributed by atoms with E-state index in [4.69, 9.17) is 9.47 Å². The highest BCUT2D eigenvalue weighted by molar-refractivity contribution is 4.73. The fraction of sp³-hybridized carbons (Fsp3) is 1.00. The summed E-state index contributed by atoms with van der Waals surface area (Å²) in [5.41, 5.74) is 0. The van der Waals surface area contributed by atoms with Gasteiger partial charge in [0, 0.05) is 33.5 Å². The number of hydrogen-bond donors (Lipinski definition) is 2. The monoisotopic (exact) mass is 231 g/mol. The maximum Gasteiger partial charge on any atom is 0.0498 e. The number of hydrogen-bond acceptors (Lipinski definition) is 4. The molecule has 0 amide bonds. The Hall–Kier alpha value is -0.160. The Kier molecular flexibility index (Phi) is 7.76. The molecule has 0 radical (unpaired) electrons. The molecule has 1 rings (SSSR count). The predicted molar refractivity (Wildman–Crippen MR) is 63.5 cm³/mol. The largest absolute Gasteiger partial charge is 0.396 e. The molecule has 2 N–H and O–H groups in total. The van der Waals surface area contributed by atoms with Gasteiger partial charge < -0.3 is 19.9 Å². The first-order chi connectivity index (χ1) is 7.88. The van der Waals surface area contributed by atoms with E-state index in [0.717, 1.165) is 52.2 Å². The van der Waals surface area contributed by atoms with Gasteiger partial charge in [-0.3, -0.25) is 0 Å². The second-order valence-electron chi connectivity index (χ2n) is 4.45. The molecule has 0 aromatic heterocycles. The zero-order valence-corrected chi connectivity index (χ0v) is 10.3. The first kappa shape index (κ1) is 13.9. The molecule has 1 heterocycles. The Morgan fingerprint density at radius 1 is 1.50 bits per heavy atom. The van der Waals surface area contributed by atoms with Crippen LogP contribution in [0.15, 0.2) is 0 Å². The minimum absolute atomic E-state index is 0.285. The van der Waals surface area contributed by atoms with Crippen LogP contribution in [0.5, 0.6) is 0 Å². The van der Waals surface area contributed by atoms with Crippen LogP contribution in [0, 0.1) is 11.8 Å². The molecule has 0 aromatic carbocycles. The Morgan fingerprint density at radius 3 is 3.00 bits per heavy atom. The van der Waals surface area contributed by atoms with E-state index in [2.05, 4.69) is 5.32 Å². The zero-order valence-electron chi connectivity index (χ0n) is 10.3. The molecular weight excluding hydrogens is 206 g/mol. The van der Waals surface area contributed by atoms with Gasteiger partial charge in [-0.1, -0.05) is 0 Å². The topological polar surface area (TPSA) is 50.7 Å². The molecule has 1 aliphatic heterocycles. The first-order valence-electron chi connectivity index (χ1n) is 6.26. The van der Waals surface area contributed by atoms with Gasteiger partial charge in [0.05, 0.1) is 0 Å². The molecular formula is C12H25NO3. The van der Waals surface area contributed by atoms with E-state index < -0.39 is 0 Å². The van der Waals surface area contributed by atoms with Crippen LogP contribution in [-0.4, -0.2) is 51.7 Å². The van der Waals surface area contributed by atoms with Crippen molar-refractivity contribution in [2.24, 2.45) is 11.8 Å². The summed E-state index contributed by atoms with van der Waals surface area (Å²) in [6.07, 6.45) is 3.19. The number of rotatable bonds is 9. The molecule has 2 unspecified atom stereocenters. The maximum absolute atomic E-state index is 9.32. The van der Waals surface area contributed by atoms with Crippen molar-refractivity contribution in [1.29, 1.82) is 0 Å².